The molecule has 0 aliphatic carbocycles. The molecule has 4 rings (SSSR count). The summed E-state index contributed by atoms with van der Waals surface area (Å²) in [7, 11) is 0. The number of hydrogen-bond donors (Lipinski definition) is 1. The average Bonchev–Trinajstić information content (AvgIpc) is 2.95. The molecule has 8 heteroatoms. The van der Waals surface area contributed by atoms with E-state index in [-0.39, 0.29) is 17.7 Å². The van der Waals surface area contributed by atoms with Crippen molar-refractivity contribution in [1.29, 1.82) is 0 Å². The summed E-state index contributed by atoms with van der Waals surface area (Å²) < 4.78 is 5.81. The maximum Gasteiger partial charge on any atom is 0.225 e. The van der Waals surface area contributed by atoms with Crippen LogP contribution in [0.1, 0.15) is 38.2 Å². The first-order valence-electron chi connectivity index (χ1n) is 13.3. The van der Waals surface area contributed by atoms with Crippen LogP contribution in [0.5, 0.6) is 5.75 Å². The average molecular weight is 494 g/mol. The van der Waals surface area contributed by atoms with Crippen LogP contribution < -0.4 is 15.0 Å². The number of rotatable bonds is 6. The SMILES string of the molecule is CCOc1ccccc1CN1CCCC(C(=O)N2CCN(c3ccccn3)CC2)CCNC(=O)CC1. The van der Waals surface area contributed by atoms with Gasteiger partial charge in [0.15, 0.2) is 0 Å². The number of aromatic nitrogens is 1. The Morgan fingerprint density at radius 1 is 1.03 bits per heavy atom. The van der Waals surface area contributed by atoms with Gasteiger partial charge in [-0.1, -0.05) is 24.3 Å². The maximum atomic E-state index is 13.5. The molecule has 36 heavy (non-hydrogen) atoms. The number of nitrogens with zero attached hydrogens (tertiary/aromatic N) is 4. The number of carbonyl (C=O) groups excluding carboxylic acids is 2. The lowest BCUT2D eigenvalue weighted by Crippen LogP contribution is -2.51. The monoisotopic (exact) mass is 493 g/mol. The zero-order valence-corrected chi connectivity index (χ0v) is 21.4. The number of amides is 2. The van der Waals surface area contributed by atoms with Gasteiger partial charge in [0.1, 0.15) is 11.6 Å². The van der Waals surface area contributed by atoms with E-state index < -0.39 is 0 Å². The smallest absolute Gasteiger partial charge is 0.225 e. The molecule has 0 radical (unpaired) electrons. The lowest BCUT2D eigenvalue weighted by Gasteiger charge is -2.37. The molecule has 2 aromatic rings. The second-order valence-electron chi connectivity index (χ2n) is 9.54. The molecule has 1 atom stereocenters. The molecule has 2 fully saturated rings. The van der Waals surface area contributed by atoms with Crippen molar-refractivity contribution in [2.45, 2.75) is 39.2 Å². The highest BCUT2D eigenvalue weighted by Gasteiger charge is 2.28. The van der Waals surface area contributed by atoms with Crippen LogP contribution in [-0.4, -0.2) is 79.0 Å². The Balaban J connectivity index is 1.35. The highest BCUT2D eigenvalue weighted by Crippen LogP contribution is 2.22. The van der Waals surface area contributed by atoms with Crippen LogP contribution in [0.25, 0.3) is 0 Å². The first-order valence-corrected chi connectivity index (χ1v) is 13.3. The highest BCUT2D eigenvalue weighted by molar-refractivity contribution is 5.79. The molecule has 2 aliphatic rings. The van der Waals surface area contributed by atoms with Gasteiger partial charge in [0.05, 0.1) is 6.61 Å². The van der Waals surface area contributed by atoms with Gasteiger partial charge in [0.2, 0.25) is 11.8 Å². The summed E-state index contributed by atoms with van der Waals surface area (Å²) in [6.45, 7) is 8.44. The van der Waals surface area contributed by atoms with Gasteiger partial charge >= 0.3 is 0 Å². The summed E-state index contributed by atoms with van der Waals surface area (Å²) in [5, 5.41) is 3.03. The zero-order valence-electron chi connectivity index (χ0n) is 21.4. The van der Waals surface area contributed by atoms with Gasteiger partial charge in [-0.3, -0.25) is 14.5 Å². The standard InChI is InChI=1S/C28H39N5O3/c1-2-36-25-10-4-3-8-24(25)22-31-16-7-9-23(12-15-30-27(34)13-17-31)28(35)33-20-18-32(19-21-33)26-11-5-6-14-29-26/h3-6,8,10-11,14,23H,2,7,9,12-13,15-22H2,1H3,(H,30,34). The van der Waals surface area contributed by atoms with E-state index in [0.717, 1.165) is 56.2 Å². The van der Waals surface area contributed by atoms with Crippen molar-refractivity contribution in [2.24, 2.45) is 5.92 Å². The third-order valence-corrected chi connectivity index (χ3v) is 7.08. The number of nitrogens with one attached hydrogen (secondary N) is 1. The minimum atomic E-state index is -0.0673. The van der Waals surface area contributed by atoms with Crippen LogP contribution in [0.4, 0.5) is 5.82 Å². The van der Waals surface area contributed by atoms with Crippen LogP contribution in [0.3, 0.4) is 0 Å². The van der Waals surface area contributed by atoms with Crippen LogP contribution >= 0.6 is 0 Å². The molecule has 0 bridgehead atoms. The number of carbonyl (C=O) groups is 2. The van der Waals surface area contributed by atoms with Crippen molar-refractivity contribution in [3.63, 3.8) is 0 Å². The normalized spacial score (nSPS) is 20.4. The lowest BCUT2D eigenvalue weighted by atomic mass is 9.97. The predicted molar refractivity (Wildman–Crippen MR) is 141 cm³/mol. The van der Waals surface area contributed by atoms with Gasteiger partial charge in [-0.15, -0.1) is 0 Å². The molecule has 2 aliphatic heterocycles. The summed E-state index contributed by atoms with van der Waals surface area (Å²) in [5.74, 6) is 2.07. The van der Waals surface area contributed by atoms with E-state index in [1.807, 2.05) is 54.4 Å². The van der Waals surface area contributed by atoms with Crippen LogP contribution in [0.2, 0.25) is 0 Å². The first kappa shape index (κ1) is 25.9. The summed E-state index contributed by atoms with van der Waals surface area (Å²) in [6, 6.07) is 14.0. The number of pyridine rings is 1. The maximum absolute atomic E-state index is 13.5. The second kappa shape index (κ2) is 13.3. The molecule has 1 unspecified atom stereocenters. The van der Waals surface area contributed by atoms with E-state index >= 15 is 0 Å². The number of ether oxygens (including phenoxy) is 1. The minimum Gasteiger partial charge on any atom is -0.494 e. The van der Waals surface area contributed by atoms with Crippen molar-refractivity contribution in [3.05, 3.63) is 54.2 Å². The molecular formula is C28H39N5O3. The first-order chi connectivity index (χ1) is 17.6. The van der Waals surface area contributed by atoms with Crippen molar-refractivity contribution in [3.8, 4) is 5.75 Å². The van der Waals surface area contributed by atoms with Crippen molar-refractivity contribution >= 4 is 17.6 Å². The molecular weight excluding hydrogens is 454 g/mol. The van der Waals surface area contributed by atoms with Crippen LogP contribution in [-0.2, 0) is 16.1 Å². The fourth-order valence-electron chi connectivity index (χ4n) is 5.08. The fraction of sp³-hybridized carbons (Fsp3) is 0.536. The molecule has 0 saturated carbocycles. The van der Waals surface area contributed by atoms with Gasteiger partial charge in [-0.05, 0) is 50.9 Å². The summed E-state index contributed by atoms with van der Waals surface area (Å²) in [4.78, 5) is 36.9. The second-order valence-corrected chi connectivity index (χ2v) is 9.54. The van der Waals surface area contributed by atoms with E-state index in [9.17, 15) is 9.59 Å². The van der Waals surface area contributed by atoms with E-state index in [1.54, 1.807) is 0 Å². The summed E-state index contributed by atoms with van der Waals surface area (Å²) in [6.07, 6.45) is 4.72. The van der Waals surface area contributed by atoms with Crippen molar-refractivity contribution < 1.29 is 14.3 Å². The molecule has 2 saturated heterocycles. The molecule has 0 spiro atoms. The fourth-order valence-corrected chi connectivity index (χ4v) is 5.08. The Morgan fingerprint density at radius 2 is 1.83 bits per heavy atom. The topological polar surface area (TPSA) is 78.0 Å². The number of anilines is 1. The molecule has 1 aromatic carbocycles. The van der Waals surface area contributed by atoms with E-state index in [0.29, 0.717) is 45.6 Å². The highest BCUT2D eigenvalue weighted by atomic mass is 16.5. The third-order valence-electron chi connectivity index (χ3n) is 7.08. The van der Waals surface area contributed by atoms with E-state index in [1.165, 1.54) is 0 Å². The van der Waals surface area contributed by atoms with Gasteiger partial charge in [0, 0.05) is 69.9 Å². The molecule has 3 heterocycles. The number of hydrogen-bond acceptors (Lipinski definition) is 6. The Bertz CT molecular complexity index is 978. The Labute approximate surface area is 214 Å². The summed E-state index contributed by atoms with van der Waals surface area (Å²) >= 11 is 0. The third kappa shape index (κ3) is 7.20. The molecule has 2 amide bonds. The molecule has 194 valence electrons. The Morgan fingerprint density at radius 3 is 2.61 bits per heavy atom. The largest absolute Gasteiger partial charge is 0.494 e. The Hall–Kier alpha value is -3.13. The van der Waals surface area contributed by atoms with Gasteiger partial charge in [-0.25, -0.2) is 4.98 Å². The van der Waals surface area contributed by atoms with Crippen molar-refractivity contribution in [2.75, 3.05) is 57.3 Å². The quantitative estimate of drug-likeness (QED) is 0.667. The predicted octanol–water partition coefficient (Wildman–Crippen LogP) is 2.94. The number of para-hydroxylation sites is 1. The minimum absolute atomic E-state index is 0.0511. The van der Waals surface area contributed by atoms with Gasteiger partial charge in [0.25, 0.3) is 0 Å². The number of benzene rings is 1. The van der Waals surface area contributed by atoms with Crippen LogP contribution in [0, 0.1) is 5.92 Å². The zero-order chi connectivity index (χ0) is 25.2. The lowest BCUT2D eigenvalue weighted by molar-refractivity contribution is -0.136. The molecule has 1 aromatic heterocycles. The Kier molecular flexibility index (Phi) is 9.55. The molecule has 8 nitrogen and oxygen atoms in total. The molecule has 1 N–H and O–H groups in total. The van der Waals surface area contributed by atoms with E-state index in [4.69, 9.17) is 4.74 Å². The van der Waals surface area contributed by atoms with E-state index in [2.05, 4.69) is 26.2 Å². The van der Waals surface area contributed by atoms with Gasteiger partial charge in [-0.2, -0.15) is 0 Å². The van der Waals surface area contributed by atoms with Crippen molar-refractivity contribution in [1.82, 2.24) is 20.1 Å². The van der Waals surface area contributed by atoms with Crippen LogP contribution in [0.15, 0.2) is 48.7 Å². The summed E-state index contributed by atoms with van der Waals surface area (Å²) in [5.41, 5.74) is 1.13. The number of piperazine rings is 1. The van der Waals surface area contributed by atoms with Gasteiger partial charge < -0.3 is 19.9 Å².